The molecule has 0 amide bonds. The molecule has 0 aromatic heterocycles. The fourth-order valence-corrected chi connectivity index (χ4v) is 2.37. The highest BCUT2D eigenvalue weighted by molar-refractivity contribution is 9.10. The Kier molecular flexibility index (Phi) is 5.29. The van der Waals surface area contributed by atoms with Gasteiger partial charge in [-0.25, -0.2) is 0 Å². The van der Waals surface area contributed by atoms with E-state index < -0.39 is 0 Å². The molecule has 0 fully saturated rings. The van der Waals surface area contributed by atoms with Gasteiger partial charge >= 0.3 is 0 Å². The smallest absolute Gasteiger partial charge is 0.0449 e. The zero-order valence-corrected chi connectivity index (χ0v) is 12.3. The van der Waals surface area contributed by atoms with E-state index in [4.69, 9.17) is 17.3 Å². The molecular weight excluding hydrogens is 286 g/mol. The van der Waals surface area contributed by atoms with E-state index in [0.717, 1.165) is 21.5 Å². The first kappa shape index (κ1) is 14.0. The molecule has 0 radical (unpaired) electrons. The molecule has 2 N–H and O–H groups in total. The molecule has 90 valence electrons. The molecule has 0 aliphatic heterocycles. The van der Waals surface area contributed by atoms with Crippen molar-refractivity contribution >= 4 is 27.5 Å². The number of halogens is 2. The van der Waals surface area contributed by atoms with Crippen LogP contribution in [0, 0.1) is 11.8 Å². The fraction of sp³-hybridized carbons (Fsp3) is 0.538. The quantitative estimate of drug-likeness (QED) is 0.883. The van der Waals surface area contributed by atoms with Crippen LogP contribution in [-0.2, 0) is 6.42 Å². The van der Waals surface area contributed by atoms with Crippen molar-refractivity contribution in [3.8, 4) is 0 Å². The first-order valence-electron chi connectivity index (χ1n) is 5.61. The first-order chi connectivity index (χ1) is 7.41. The number of rotatable bonds is 4. The summed E-state index contributed by atoms with van der Waals surface area (Å²) in [7, 11) is 0. The van der Waals surface area contributed by atoms with E-state index in [9.17, 15) is 0 Å². The minimum Gasteiger partial charge on any atom is -0.327 e. The predicted molar refractivity (Wildman–Crippen MR) is 74.8 cm³/mol. The number of benzene rings is 1. The second kappa shape index (κ2) is 6.04. The summed E-state index contributed by atoms with van der Waals surface area (Å²) in [4.78, 5) is 0. The lowest BCUT2D eigenvalue weighted by Gasteiger charge is -2.23. The van der Waals surface area contributed by atoms with Crippen LogP contribution in [0.15, 0.2) is 22.7 Å². The molecule has 1 rings (SSSR count). The summed E-state index contributed by atoms with van der Waals surface area (Å²) in [6.07, 6.45) is 0.839. The molecule has 16 heavy (non-hydrogen) atoms. The van der Waals surface area contributed by atoms with Crippen LogP contribution in [0.25, 0.3) is 0 Å². The van der Waals surface area contributed by atoms with Crippen molar-refractivity contribution in [3.63, 3.8) is 0 Å². The molecule has 1 aromatic rings. The van der Waals surface area contributed by atoms with Gasteiger partial charge < -0.3 is 5.73 Å². The standard InChI is InChI=1S/C13H19BrClN/c1-8(2)9(3)13(16)6-10-4-5-11(14)7-12(10)15/h4-5,7-9,13H,6,16H2,1-3H3. The van der Waals surface area contributed by atoms with Gasteiger partial charge in [-0.3, -0.25) is 0 Å². The minimum atomic E-state index is 0.165. The Morgan fingerprint density at radius 2 is 1.94 bits per heavy atom. The molecule has 0 aliphatic rings. The molecule has 0 saturated carbocycles. The Bertz CT molecular complexity index is 352. The molecule has 2 atom stereocenters. The lowest BCUT2D eigenvalue weighted by atomic mass is 9.87. The lowest BCUT2D eigenvalue weighted by Crippen LogP contribution is -2.33. The second-order valence-corrected chi connectivity index (χ2v) is 6.03. The maximum absolute atomic E-state index is 6.19. The summed E-state index contributed by atoms with van der Waals surface area (Å²) in [6, 6.07) is 6.13. The number of hydrogen-bond acceptors (Lipinski definition) is 1. The average molecular weight is 305 g/mol. The van der Waals surface area contributed by atoms with E-state index in [-0.39, 0.29) is 6.04 Å². The SMILES string of the molecule is CC(C)C(C)C(N)Cc1ccc(Br)cc1Cl. The van der Waals surface area contributed by atoms with Crippen molar-refractivity contribution in [2.24, 2.45) is 17.6 Å². The minimum absolute atomic E-state index is 0.165. The molecule has 3 heteroatoms. The summed E-state index contributed by atoms with van der Waals surface area (Å²) in [5.74, 6) is 1.10. The maximum Gasteiger partial charge on any atom is 0.0449 e. The molecule has 2 unspecified atom stereocenters. The van der Waals surface area contributed by atoms with Gasteiger partial charge in [0.2, 0.25) is 0 Å². The van der Waals surface area contributed by atoms with Gasteiger partial charge in [0.15, 0.2) is 0 Å². The Hall–Kier alpha value is -0.0500. The van der Waals surface area contributed by atoms with E-state index in [0.29, 0.717) is 11.8 Å². The van der Waals surface area contributed by atoms with Crippen LogP contribution in [0.3, 0.4) is 0 Å². The molecular formula is C13H19BrClN. The van der Waals surface area contributed by atoms with Gasteiger partial charge in [0, 0.05) is 15.5 Å². The van der Waals surface area contributed by atoms with Gasteiger partial charge in [0.1, 0.15) is 0 Å². The molecule has 1 aromatic carbocycles. The molecule has 0 saturated heterocycles. The van der Waals surface area contributed by atoms with Gasteiger partial charge in [-0.15, -0.1) is 0 Å². The van der Waals surface area contributed by atoms with Gasteiger partial charge in [-0.2, -0.15) is 0 Å². The summed E-state index contributed by atoms with van der Waals surface area (Å²) in [6.45, 7) is 6.60. The van der Waals surface area contributed by atoms with Crippen LogP contribution >= 0.6 is 27.5 Å². The second-order valence-electron chi connectivity index (χ2n) is 4.71. The van der Waals surface area contributed by atoms with Crippen LogP contribution in [-0.4, -0.2) is 6.04 Å². The monoisotopic (exact) mass is 303 g/mol. The third-order valence-electron chi connectivity index (χ3n) is 3.20. The van der Waals surface area contributed by atoms with Crippen molar-refractivity contribution in [1.29, 1.82) is 0 Å². The number of nitrogens with two attached hydrogens (primary N) is 1. The van der Waals surface area contributed by atoms with Crippen molar-refractivity contribution in [2.45, 2.75) is 33.2 Å². The maximum atomic E-state index is 6.19. The van der Waals surface area contributed by atoms with Gasteiger partial charge in [-0.1, -0.05) is 54.4 Å². The third-order valence-corrected chi connectivity index (χ3v) is 4.04. The van der Waals surface area contributed by atoms with Crippen LogP contribution in [0.2, 0.25) is 5.02 Å². The average Bonchev–Trinajstić information content (AvgIpc) is 2.20. The van der Waals surface area contributed by atoms with Crippen LogP contribution < -0.4 is 5.73 Å². The third kappa shape index (κ3) is 3.76. The Morgan fingerprint density at radius 3 is 2.44 bits per heavy atom. The highest BCUT2D eigenvalue weighted by atomic mass is 79.9. The Morgan fingerprint density at radius 1 is 1.31 bits per heavy atom. The van der Waals surface area contributed by atoms with Gasteiger partial charge in [0.25, 0.3) is 0 Å². The highest BCUT2D eigenvalue weighted by Gasteiger charge is 2.17. The van der Waals surface area contributed by atoms with Crippen molar-refractivity contribution in [3.05, 3.63) is 33.3 Å². The van der Waals surface area contributed by atoms with E-state index in [1.807, 2.05) is 18.2 Å². The van der Waals surface area contributed by atoms with E-state index >= 15 is 0 Å². The van der Waals surface area contributed by atoms with Crippen LogP contribution in [0.5, 0.6) is 0 Å². The van der Waals surface area contributed by atoms with Crippen LogP contribution in [0.4, 0.5) is 0 Å². The van der Waals surface area contributed by atoms with E-state index in [1.165, 1.54) is 0 Å². The van der Waals surface area contributed by atoms with Crippen LogP contribution in [0.1, 0.15) is 26.3 Å². The zero-order valence-electron chi connectivity index (χ0n) is 10.0. The largest absolute Gasteiger partial charge is 0.327 e. The summed E-state index contributed by atoms with van der Waals surface area (Å²) in [5.41, 5.74) is 7.32. The molecule has 0 heterocycles. The molecule has 0 bridgehead atoms. The van der Waals surface area contributed by atoms with Crippen molar-refractivity contribution in [2.75, 3.05) is 0 Å². The Balaban J connectivity index is 2.73. The first-order valence-corrected chi connectivity index (χ1v) is 6.78. The van der Waals surface area contributed by atoms with Crippen molar-refractivity contribution < 1.29 is 0 Å². The topological polar surface area (TPSA) is 26.0 Å². The molecule has 1 nitrogen and oxygen atoms in total. The normalized spacial score (nSPS) is 15.2. The summed E-state index contributed by atoms with van der Waals surface area (Å²) in [5, 5.41) is 0.792. The lowest BCUT2D eigenvalue weighted by molar-refractivity contribution is 0.344. The summed E-state index contributed by atoms with van der Waals surface area (Å²) >= 11 is 9.57. The molecule has 0 aliphatic carbocycles. The number of hydrogen-bond donors (Lipinski definition) is 1. The zero-order chi connectivity index (χ0) is 12.3. The van der Waals surface area contributed by atoms with Gasteiger partial charge in [0.05, 0.1) is 0 Å². The fourth-order valence-electron chi connectivity index (χ4n) is 1.62. The highest BCUT2D eigenvalue weighted by Crippen LogP contribution is 2.24. The van der Waals surface area contributed by atoms with Gasteiger partial charge in [-0.05, 0) is 36.0 Å². The van der Waals surface area contributed by atoms with Crippen molar-refractivity contribution in [1.82, 2.24) is 0 Å². The summed E-state index contributed by atoms with van der Waals surface area (Å²) < 4.78 is 1.01. The van der Waals surface area contributed by atoms with E-state index in [1.54, 1.807) is 0 Å². The Labute approximate surface area is 111 Å². The predicted octanol–water partition coefficient (Wildman–Crippen LogP) is 4.26. The molecule has 0 spiro atoms. The van der Waals surface area contributed by atoms with E-state index in [2.05, 4.69) is 36.7 Å².